The summed E-state index contributed by atoms with van der Waals surface area (Å²) < 4.78 is 0. The Bertz CT molecular complexity index is 412. The second kappa shape index (κ2) is 5.93. The molecular formula is C12H19N3OS. The van der Waals surface area contributed by atoms with Gasteiger partial charge in [0.05, 0.1) is 6.04 Å². The van der Waals surface area contributed by atoms with E-state index in [1.807, 2.05) is 20.8 Å². The number of hydrogen-bond donors (Lipinski definition) is 1. The Kier molecular flexibility index (Phi) is 4.84. The number of thiazole rings is 1. The van der Waals surface area contributed by atoms with E-state index >= 15 is 0 Å². The summed E-state index contributed by atoms with van der Waals surface area (Å²) in [6.45, 7) is 10.8. The number of hydrogen-bond acceptors (Lipinski definition) is 4. The van der Waals surface area contributed by atoms with Crippen LogP contribution in [-0.4, -0.2) is 28.9 Å². The molecule has 0 aromatic carbocycles. The molecule has 0 radical (unpaired) electrons. The highest BCUT2D eigenvalue weighted by atomic mass is 32.1. The maximum atomic E-state index is 12.1. The van der Waals surface area contributed by atoms with Gasteiger partial charge in [0.15, 0.2) is 0 Å². The van der Waals surface area contributed by atoms with Crippen LogP contribution in [0.5, 0.6) is 0 Å². The van der Waals surface area contributed by atoms with Crippen LogP contribution < -0.4 is 5.73 Å². The van der Waals surface area contributed by atoms with Crippen LogP contribution in [0.3, 0.4) is 0 Å². The molecule has 0 spiro atoms. The fraction of sp³-hybridized carbons (Fsp3) is 0.500. The summed E-state index contributed by atoms with van der Waals surface area (Å²) >= 11 is 1.43. The summed E-state index contributed by atoms with van der Waals surface area (Å²) in [4.78, 5) is 18.1. The SMILES string of the molecule is C=C(C)CN(CC)C(=O)c1csc(C(C)N)n1. The van der Waals surface area contributed by atoms with Gasteiger partial charge in [0.2, 0.25) is 0 Å². The summed E-state index contributed by atoms with van der Waals surface area (Å²) in [5.74, 6) is -0.0568. The van der Waals surface area contributed by atoms with Gasteiger partial charge in [-0.15, -0.1) is 11.3 Å². The Hall–Kier alpha value is -1.20. The van der Waals surface area contributed by atoms with Crippen molar-refractivity contribution in [3.8, 4) is 0 Å². The molecule has 0 aliphatic rings. The maximum Gasteiger partial charge on any atom is 0.273 e. The van der Waals surface area contributed by atoms with Gasteiger partial charge in [0, 0.05) is 18.5 Å². The van der Waals surface area contributed by atoms with Gasteiger partial charge in [-0.3, -0.25) is 4.79 Å². The van der Waals surface area contributed by atoms with E-state index in [1.165, 1.54) is 11.3 Å². The van der Waals surface area contributed by atoms with Gasteiger partial charge in [-0.1, -0.05) is 12.2 Å². The molecule has 1 heterocycles. The number of nitrogens with two attached hydrogens (primary N) is 1. The first kappa shape index (κ1) is 13.9. The Balaban J connectivity index is 2.82. The van der Waals surface area contributed by atoms with E-state index in [0.717, 1.165) is 10.6 Å². The fourth-order valence-electron chi connectivity index (χ4n) is 1.41. The quantitative estimate of drug-likeness (QED) is 0.818. The number of amides is 1. The standard InChI is InChI=1S/C12H19N3OS/c1-5-15(6-8(2)3)12(16)10-7-17-11(14-10)9(4)13/h7,9H,2,5-6,13H2,1,3-4H3. The lowest BCUT2D eigenvalue weighted by Gasteiger charge is -2.19. The summed E-state index contributed by atoms with van der Waals surface area (Å²) in [6.07, 6.45) is 0. The van der Waals surface area contributed by atoms with E-state index in [2.05, 4.69) is 11.6 Å². The minimum atomic E-state index is -0.127. The summed E-state index contributed by atoms with van der Waals surface area (Å²) in [6, 6.07) is -0.127. The molecule has 1 amide bonds. The number of aromatic nitrogens is 1. The third-order valence-corrected chi connectivity index (χ3v) is 3.31. The van der Waals surface area contributed by atoms with Crippen LogP contribution in [0.4, 0.5) is 0 Å². The van der Waals surface area contributed by atoms with Crippen molar-refractivity contribution in [2.45, 2.75) is 26.8 Å². The smallest absolute Gasteiger partial charge is 0.273 e. The van der Waals surface area contributed by atoms with Gasteiger partial charge in [-0.05, 0) is 20.8 Å². The molecule has 1 aromatic rings. The lowest BCUT2D eigenvalue weighted by molar-refractivity contribution is 0.0773. The van der Waals surface area contributed by atoms with E-state index < -0.39 is 0 Å². The van der Waals surface area contributed by atoms with Crippen molar-refractivity contribution in [2.75, 3.05) is 13.1 Å². The van der Waals surface area contributed by atoms with Gasteiger partial charge in [0.25, 0.3) is 5.91 Å². The zero-order valence-electron chi connectivity index (χ0n) is 10.6. The normalized spacial score (nSPS) is 12.2. The number of nitrogens with zero attached hydrogens (tertiary/aromatic N) is 2. The molecule has 0 bridgehead atoms. The average Bonchev–Trinajstić information content (AvgIpc) is 2.73. The van der Waals surface area contributed by atoms with Crippen LogP contribution in [0.2, 0.25) is 0 Å². The summed E-state index contributed by atoms with van der Waals surface area (Å²) in [5, 5.41) is 2.56. The highest BCUT2D eigenvalue weighted by Crippen LogP contribution is 2.17. The lowest BCUT2D eigenvalue weighted by Crippen LogP contribution is -2.32. The molecule has 0 aliphatic carbocycles. The molecule has 1 unspecified atom stereocenters. The van der Waals surface area contributed by atoms with Crippen molar-refractivity contribution in [1.82, 2.24) is 9.88 Å². The van der Waals surface area contributed by atoms with Gasteiger partial charge in [-0.2, -0.15) is 0 Å². The minimum absolute atomic E-state index is 0.0568. The first-order chi connectivity index (χ1) is 7.95. The molecule has 17 heavy (non-hydrogen) atoms. The predicted molar refractivity (Wildman–Crippen MR) is 71.1 cm³/mol. The number of rotatable bonds is 5. The van der Waals surface area contributed by atoms with Gasteiger partial charge >= 0.3 is 0 Å². The average molecular weight is 253 g/mol. The van der Waals surface area contributed by atoms with Crippen LogP contribution in [-0.2, 0) is 0 Å². The van der Waals surface area contributed by atoms with Crippen LogP contribution in [0, 0.1) is 0 Å². The second-order valence-corrected chi connectivity index (χ2v) is 5.03. The zero-order valence-corrected chi connectivity index (χ0v) is 11.4. The number of carbonyl (C=O) groups is 1. The van der Waals surface area contributed by atoms with Crippen LogP contribution >= 0.6 is 11.3 Å². The Morgan fingerprint density at radius 2 is 2.35 bits per heavy atom. The van der Waals surface area contributed by atoms with Crippen molar-refractivity contribution in [3.63, 3.8) is 0 Å². The number of likely N-dealkylation sites (N-methyl/N-ethyl adjacent to an activating group) is 1. The first-order valence-corrected chi connectivity index (χ1v) is 6.48. The molecular weight excluding hydrogens is 234 g/mol. The highest BCUT2D eigenvalue weighted by Gasteiger charge is 2.18. The molecule has 0 saturated heterocycles. The molecule has 0 aliphatic heterocycles. The second-order valence-electron chi connectivity index (χ2n) is 4.14. The van der Waals surface area contributed by atoms with Crippen LogP contribution in [0.15, 0.2) is 17.5 Å². The van der Waals surface area contributed by atoms with E-state index in [4.69, 9.17) is 5.73 Å². The van der Waals surface area contributed by atoms with Crippen molar-refractivity contribution in [2.24, 2.45) is 5.73 Å². The Morgan fingerprint density at radius 1 is 1.71 bits per heavy atom. The largest absolute Gasteiger partial charge is 0.334 e. The highest BCUT2D eigenvalue weighted by molar-refractivity contribution is 7.09. The molecule has 1 rings (SSSR count). The Morgan fingerprint density at radius 3 is 2.76 bits per heavy atom. The van der Waals surface area contributed by atoms with E-state index in [9.17, 15) is 4.79 Å². The van der Waals surface area contributed by atoms with Gasteiger partial charge in [-0.25, -0.2) is 4.98 Å². The third-order valence-electron chi connectivity index (χ3n) is 2.26. The molecule has 1 atom stereocenters. The third kappa shape index (κ3) is 3.64. The Labute approximate surface area is 106 Å². The zero-order chi connectivity index (χ0) is 13.0. The molecule has 1 aromatic heterocycles. The first-order valence-electron chi connectivity index (χ1n) is 5.60. The maximum absolute atomic E-state index is 12.1. The van der Waals surface area contributed by atoms with Crippen molar-refractivity contribution in [3.05, 3.63) is 28.2 Å². The van der Waals surface area contributed by atoms with Gasteiger partial charge < -0.3 is 10.6 Å². The van der Waals surface area contributed by atoms with E-state index in [0.29, 0.717) is 18.8 Å². The molecule has 2 N–H and O–H groups in total. The predicted octanol–water partition coefficient (Wildman–Crippen LogP) is 2.20. The van der Waals surface area contributed by atoms with E-state index in [-0.39, 0.29) is 11.9 Å². The van der Waals surface area contributed by atoms with Crippen molar-refractivity contribution in [1.29, 1.82) is 0 Å². The topological polar surface area (TPSA) is 59.2 Å². The van der Waals surface area contributed by atoms with Gasteiger partial charge in [0.1, 0.15) is 10.7 Å². The van der Waals surface area contributed by atoms with E-state index in [1.54, 1.807) is 10.3 Å². The number of carbonyl (C=O) groups excluding carboxylic acids is 1. The monoisotopic (exact) mass is 253 g/mol. The molecule has 0 saturated carbocycles. The fourth-order valence-corrected chi connectivity index (χ4v) is 2.16. The molecule has 94 valence electrons. The molecule has 0 fully saturated rings. The van der Waals surface area contributed by atoms with Crippen LogP contribution in [0.25, 0.3) is 0 Å². The van der Waals surface area contributed by atoms with Crippen molar-refractivity contribution < 1.29 is 4.79 Å². The lowest BCUT2D eigenvalue weighted by atomic mass is 10.3. The van der Waals surface area contributed by atoms with Crippen molar-refractivity contribution >= 4 is 17.2 Å². The van der Waals surface area contributed by atoms with Crippen LogP contribution in [0.1, 0.15) is 42.3 Å². The summed E-state index contributed by atoms with van der Waals surface area (Å²) in [7, 11) is 0. The molecule has 5 heteroatoms. The molecule has 4 nitrogen and oxygen atoms in total. The minimum Gasteiger partial charge on any atom is -0.334 e. The summed E-state index contributed by atoms with van der Waals surface area (Å²) in [5.41, 5.74) is 7.16.